The number of hydrogen-bond donors (Lipinski definition) is 1. The first-order valence-electron chi connectivity index (χ1n) is 6.34. The highest BCUT2D eigenvalue weighted by Gasteiger charge is 2.26. The van der Waals surface area contributed by atoms with Gasteiger partial charge in [0.1, 0.15) is 0 Å². The van der Waals surface area contributed by atoms with Gasteiger partial charge in [0.25, 0.3) is 0 Å². The van der Waals surface area contributed by atoms with Crippen LogP contribution in [0.4, 0.5) is 0 Å². The average molecular weight is 312 g/mol. The summed E-state index contributed by atoms with van der Waals surface area (Å²) in [6.07, 6.45) is 3.53. The highest BCUT2D eigenvalue weighted by atomic mass is 79.9. The maximum atomic E-state index is 12.1. The lowest BCUT2D eigenvalue weighted by atomic mass is 9.91. The second-order valence-corrected chi connectivity index (χ2v) is 5.62. The van der Waals surface area contributed by atoms with Crippen LogP contribution in [0.1, 0.15) is 29.6 Å². The standard InChI is InChI=1S/C14H18BrNO2/c15-12-6-4-11(5-7-12)14(18)10-16(8-9-17)13-2-1-3-13/h4-7,13,17H,1-3,8-10H2. The highest BCUT2D eigenvalue weighted by molar-refractivity contribution is 9.10. The fourth-order valence-electron chi connectivity index (χ4n) is 2.18. The molecule has 1 fully saturated rings. The number of carbonyl (C=O) groups is 1. The van der Waals surface area contributed by atoms with Crippen molar-refractivity contribution in [1.82, 2.24) is 4.90 Å². The van der Waals surface area contributed by atoms with Crippen LogP contribution in [0.5, 0.6) is 0 Å². The molecule has 2 rings (SSSR count). The van der Waals surface area contributed by atoms with E-state index in [9.17, 15) is 4.79 Å². The van der Waals surface area contributed by atoms with Gasteiger partial charge in [-0.2, -0.15) is 0 Å². The lowest BCUT2D eigenvalue weighted by Gasteiger charge is -2.36. The summed E-state index contributed by atoms with van der Waals surface area (Å²) in [6.45, 7) is 1.11. The minimum absolute atomic E-state index is 0.115. The summed E-state index contributed by atoms with van der Waals surface area (Å²) in [4.78, 5) is 14.3. The summed E-state index contributed by atoms with van der Waals surface area (Å²) in [5, 5.41) is 9.07. The minimum Gasteiger partial charge on any atom is -0.395 e. The molecule has 0 aliphatic heterocycles. The van der Waals surface area contributed by atoms with E-state index in [0.717, 1.165) is 22.9 Å². The zero-order valence-electron chi connectivity index (χ0n) is 10.3. The van der Waals surface area contributed by atoms with Gasteiger partial charge in [-0.25, -0.2) is 0 Å². The Kier molecular flexibility index (Phi) is 4.92. The lowest BCUT2D eigenvalue weighted by Crippen LogP contribution is -2.44. The Hall–Kier alpha value is -0.710. The van der Waals surface area contributed by atoms with E-state index < -0.39 is 0 Å². The number of aliphatic hydroxyl groups is 1. The number of carbonyl (C=O) groups excluding carboxylic acids is 1. The molecule has 18 heavy (non-hydrogen) atoms. The molecule has 0 amide bonds. The molecule has 0 bridgehead atoms. The van der Waals surface area contributed by atoms with Crippen molar-refractivity contribution in [1.29, 1.82) is 0 Å². The van der Waals surface area contributed by atoms with Crippen LogP contribution in [0, 0.1) is 0 Å². The van der Waals surface area contributed by atoms with E-state index in [1.807, 2.05) is 24.3 Å². The summed E-state index contributed by atoms with van der Waals surface area (Å²) in [5.41, 5.74) is 0.737. The molecule has 0 spiro atoms. The molecule has 1 aromatic carbocycles. The van der Waals surface area contributed by atoms with Crippen molar-refractivity contribution in [3.05, 3.63) is 34.3 Å². The number of aliphatic hydroxyl groups excluding tert-OH is 1. The quantitative estimate of drug-likeness (QED) is 0.821. The number of benzene rings is 1. The molecule has 1 saturated carbocycles. The van der Waals surface area contributed by atoms with Crippen LogP contribution in [0.25, 0.3) is 0 Å². The van der Waals surface area contributed by atoms with Crippen LogP contribution in [-0.2, 0) is 0 Å². The van der Waals surface area contributed by atoms with Gasteiger partial charge in [0.05, 0.1) is 13.2 Å². The van der Waals surface area contributed by atoms with E-state index in [1.165, 1.54) is 6.42 Å². The normalized spacial score (nSPS) is 15.7. The Bertz CT molecular complexity index is 401. The van der Waals surface area contributed by atoms with E-state index in [-0.39, 0.29) is 12.4 Å². The van der Waals surface area contributed by atoms with Crippen LogP contribution in [0.3, 0.4) is 0 Å². The molecule has 0 atom stereocenters. The van der Waals surface area contributed by atoms with Gasteiger partial charge in [-0.1, -0.05) is 34.5 Å². The van der Waals surface area contributed by atoms with Crippen LogP contribution in [0.15, 0.2) is 28.7 Å². The molecule has 98 valence electrons. The largest absolute Gasteiger partial charge is 0.395 e. The van der Waals surface area contributed by atoms with Crippen LogP contribution >= 0.6 is 15.9 Å². The van der Waals surface area contributed by atoms with Gasteiger partial charge in [0, 0.05) is 22.6 Å². The lowest BCUT2D eigenvalue weighted by molar-refractivity contribution is 0.0747. The summed E-state index contributed by atoms with van der Waals surface area (Å²) in [7, 11) is 0. The predicted molar refractivity (Wildman–Crippen MR) is 74.8 cm³/mol. The molecule has 0 heterocycles. The molecule has 1 N–H and O–H groups in total. The number of ketones is 1. The van der Waals surface area contributed by atoms with Crippen molar-refractivity contribution in [3.8, 4) is 0 Å². The third-order valence-corrected chi connectivity index (χ3v) is 4.02. The summed E-state index contributed by atoms with van der Waals surface area (Å²) in [6, 6.07) is 7.92. The van der Waals surface area contributed by atoms with E-state index in [4.69, 9.17) is 5.11 Å². The van der Waals surface area contributed by atoms with E-state index in [0.29, 0.717) is 19.1 Å². The average Bonchev–Trinajstić information content (AvgIpc) is 2.27. The predicted octanol–water partition coefficient (Wildman–Crippen LogP) is 2.48. The number of Topliss-reactive ketones (excluding diaryl/α,β-unsaturated/α-hetero) is 1. The molecular weight excluding hydrogens is 294 g/mol. The van der Waals surface area contributed by atoms with Gasteiger partial charge in [-0.05, 0) is 25.0 Å². The molecule has 1 aromatic rings. The molecule has 0 saturated heterocycles. The molecule has 0 radical (unpaired) electrons. The van der Waals surface area contributed by atoms with Crippen molar-refractivity contribution in [2.45, 2.75) is 25.3 Å². The zero-order chi connectivity index (χ0) is 13.0. The molecule has 0 unspecified atom stereocenters. The molecule has 0 aromatic heterocycles. The Morgan fingerprint density at radius 2 is 2.00 bits per heavy atom. The number of hydrogen-bond acceptors (Lipinski definition) is 3. The van der Waals surface area contributed by atoms with Gasteiger partial charge in [-0.15, -0.1) is 0 Å². The Labute approximate surface area is 116 Å². The molecule has 3 nitrogen and oxygen atoms in total. The summed E-state index contributed by atoms with van der Waals surface area (Å²) < 4.78 is 0.977. The van der Waals surface area contributed by atoms with Crippen LogP contribution in [0.2, 0.25) is 0 Å². The van der Waals surface area contributed by atoms with Gasteiger partial charge in [0.15, 0.2) is 5.78 Å². The first-order chi connectivity index (χ1) is 8.70. The van der Waals surface area contributed by atoms with Crippen molar-refractivity contribution >= 4 is 21.7 Å². The molecule has 1 aliphatic carbocycles. The van der Waals surface area contributed by atoms with E-state index in [1.54, 1.807) is 0 Å². The van der Waals surface area contributed by atoms with Gasteiger partial charge < -0.3 is 5.11 Å². The fourth-order valence-corrected chi connectivity index (χ4v) is 2.45. The van der Waals surface area contributed by atoms with Crippen LogP contribution < -0.4 is 0 Å². The first kappa shape index (κ1) is 13.7. The summed E-state index contributed by atoms with van der Waals surface area (Å²) >= 11 is 3.36. The third kappa shape index (κ3) is 3.40. The van der Waals surface area contributed by atoms with Gasteiger partial charge in [-0.3, -0.25) is 9.69 Å². The van der Waals surface area contributed by atoms with Crippen molar-refractivity contribution in [2.24, 2.45) is 0 Å². The molecule has 1 aliphatic rings. The van der Waals surface area contributed by atoms with E-state index >= 15 is 0 Å². The highest BCUT2D eigenvalue weighted by Crippen LogP contribution is 2.24. The molecular formula is C14H18BrNO2. The maximum Gasteiger partial charge on any atom is 0.176 e. The second-order valence-electron chi connectivity index (χ2n) is 4.71. The Morgan fingerprint density at radius 3 is 2.50 bits per heavy atom. The SMILES string of the molecule is O=C(CN(CCO)C1CCC1)c1ccc(Br)cc1. The Balaban J connectivity index is 1.97. The van der Waals surface area contributed by atoms with Gasteiger partial charge >= 0.3 is 0 Å². The second kappa shape index (κ2) is 6.45. The van der Waals surface area contributed by atoms with Crippen molar-refractivity contribution in [2.75, 3.05) is 19.7 Å². The Morgan fingerprint density at radius 1 is 1.33 bits per heavy atom. The first-order valence-corrected chi connectivity index (χ1v) is 7.13. The monoisotopic (exact) mass is 311 g/mol. The maximum absolute atomic E-state index is 12.1. The topological polar surface area (TPSA) is 40.5 Å². The zero-order valence-corrected chi connectivity index (χ0v) is 11.9. The van der Waals surface area contributed by atoms with Crippen molar-refractivity contribution in [3.63, 3.8) is 0 Å². The smallest absolute Gasteiger partial charge is 0.176 e. The van der Waals surface area contributed by atoms with Crippen LogP contribution in [-0.4, -0.2) is 41.5 Å². The minimum atomic E-state index is 0.115. The molecule has 4 heteroatoms. The summed E-state index contributed by atoms with van der Waals surface area (Å²) in [5.74, 6) is 0.128. The van der Waals surface area contributed by atoms with E-state index in [2.05, 4.69) is 20.8 Å². The number of nitrogens with zero attached hydrogens (tertiary/aromatic N) is 1. The number of halogens is 1. The fraction of sp³-hybridized carbons (Fsp3) is 0.500. The van der Waals surface area contributed by atoms with Gasteiger partial charge in [0.2, 0.25) is 0 Å². The third-order valence-electron chi connectivity index (χ3n) is 3.49. The van der Waals surface area contributed by atoms with Crippen molar-refractivity contribution < 1.29 is 9.90 Å². The number of rotatable bonds is 6.